The van der Waals surface area contributed by atoms with Gasteiger partial charge in [-0.05, 0) is 60.2 Å². The number of ether oxygens (including phenoxy) is 1. The van der Waals surface area contributed by atoms with Crippen LogP contribution in [0.2, 0.25) is 0 Å². The minimum Gasteiger partial charge on any atom is -0.437 e. The number of nitrogens with zero attached hydrogens (tertiary/aromatic N) is 3. The average molecular weight is 507 g/mol. The topological polar surface area (TPSA) is 39.9 Å². The molecule has 0 aliphatic rings. The number of aromatic nitrogens is 3. The van der Waals surface area contributed by atoms with Gasteiger partial charge in [0, 0.05) is 24.1 Å². The van der Waals surface area contributed by atoms with Gasteiger partial charge in [0.15, 0.2) is 0 Å². The lowest BCUT2D eigenvalue weighted by Crippen LogP contribution is -2.08. The van der Waals surface area contributed by atoms with Crippen LogP contribution in [0.1, 0.15) is 43.1 Å². The molecule has 30 heavy (non-hydrogen) atoms. The van der Waals surface area contributed by atoms with Crippen molar-refractivity contribution in [3.8, 4) is 23.5 Å². The molecule has 0 saturated carbocycles. The third-order valence-corrected chi connectivity index (χ3v) is 5.79. The second-order valence-electron chi connectivity index (χ2n) is 7.03. The van der Waals surface area contributed by atoms with Crippen LogP contribution in [0, 0.1) is 22.3 Å². The molecule has 0 amide bonds. The van der Waals surface area contributed by atoms with Crippen molar-refractivity contribution in [2.45, 2.75) is 33.2 Å². The standard InChI is InChI=1S/C25H22IN3O/c1-4-5-10-20-15-21-17(2)28-29(18(3)19-11-7-6-8-12-19)23(21)16-24(20)30-25-22(26)13-9-14-27-25/h6-9,11-16,18H,4H2,1-3H3. The fraction of sp³-hybridized carbons (Fsp3) is 0.200. The number of aryl methyl sites for hydroxylation is 1. The van der Waals surface area contributed by atoms with Crippen molar-refractivity contribution < 1.29 is 4.74 Å². The van der Waals surface area contributed by atoms with Crippen molar-refractivity contribution in [2.24, 2.45) is 0 Å². The van der Waals surface area contributed by atoms with Gasteiger partial charge in [0.2, 0.25) is 5.88 Å². The number of hydrogen-bond donors (Lipinski definition) is 0. The maximum atomic E-state index is 6.23. The first kappa shape index (κ1) is 20.4. The van der Waals surface area contributed by atoms with Gasteiger partial charge in [-0.25, -0.2) is 4.98 Å². The Balaban J connectivity index is 1.88. The molecule has 150 valence electrons. The molecule has 0 aliphatic carbocycles. The van der Waals surface area contributed by atoms with Crippen LogP contribution in [0.3, 0.4) is 0 Å². The Morgan fingerprint density at radius 2 is 1.93 bits per heavy atom. The summed E-state index contributed by atoms with van der Waals surface area (Å²) in [7, 11) is 0. The van der Waals surface area contributed by atoms with Crippen LogP contribution in [0.5, 0.6) is 11.6 Å². The normalized spacial score (nSPS) is 11.7. The third-order valence-electron chi connectivity index (χ3n) is 4.97. The minimum atomic E-state index is 0.0952. The number of fused-ring (bicyclic) bond motifs is 1. The summed E-state index contributed by atoms with van der Waals surface area (Å²) in [6.45, 7) is 6.24. The molecule has 0 bridgehead atoms. The average Bonchev–Trinajstić information content (AvgIpc) is 3.09. The van der Waals surface area contributed by atoms with Crippen LogP contribution in [0.15, 0.2) is 60.8 Å². The highest BCUT2D eigenvalue weighted by atomic mass is 127. The van der Waals surface area contributed by atoms with Gasteiger partial charge >= 0.3 is 0 Å². The molecule has 2 heterocycles. The van der Waals surface area contributed by atoms with E-state index < -0.39 is 0 Å². The first-order chi connectivity index (χ1) is 14.6. The maximum absolute atomic E-state index is 6.23. The van der Waals surface area contributed by atoms with E-state index in [1.54, 1.807) is 6.20 Å². The van der Waals surface area contributed by atoms with Crippen molar-refractivity contribution in [3.63, 3.8) is 0 Å². The molecule has 0 fully saturated rings. The molecule has 0 N–H and O–H groups in total. The van der Waals surface area contributed by atoms with Crippen molar-refractivity contribution in [3.05, 3.63) is 81.2 Å². The van der Waals surface area contributed by atoms with Gasteiger partial charge in [-0.1, -0.05) is 49.1 Å². The van der Waals surface area contributed by atoms with Crippen LogP contribution >= 0.6 is 22.6 Å². The molecule has 2 aromatic carbocycles. The van der Waals surface area contributed by atoms with Gasteiger partial charge < -0.3 is 4.74 Å². The number of pyridine rings is 1. The van der Waals surface area contributed by atoms with E-state index in [-0.39, 0.29) is 6.04 Å². The van der Waals surface area contributed by atoms with E-state index >= 15 is 0 Å². The van der Waals surface area contributed by atoms with Crippen LogP contribution in [-0.4, -0.2) is 14.8 Å². The van der Waals surface area contributed by atoms with E-state index in [1.165, 1.54) is 5.56 Å². The Morgan fingerprint density at radius 3 is 2.67 bits per heavy atom. The fourth-order valence-corrected chi connectivity index (χ4v) is 3.86. The van der Waals surface area contributed by atoms with Gasteiger partial charge in [-0.3, -0.25) is 4.68 Å². The summed E-state index contributed by atoms with van der Waals surface area (Å²) >= 11 is 2.23. The van der Waals surface area contributed by atoms with E-state index in [2.05, 4.69) is 81.4 Å². The highest BCUT2D eigenvalue weighted by Crippen LogP contribution is 2.34. The molecule has 1 atom stereocenters. The van der Waals surface area contributed by atoms with Gasteiger partial charge in [0.05, 0.1) is 26.4 Å². The van der Waals surface area contributed by atoms with Crippen molar-refractivity contribution in [1.29, 1.82) is 0 Å². The van der Waals surface area contributed by atoms with E-state index in [0.717, 1.165) is 32.2 Å². The molecule has 5 heteroatoms. The van der Waals surface area contributed by atoms with Gasteiger partial charge in [-0.2, -0.15) is 5.10 Å². The summed E-state index contributed by atoms with van der Waals surface area (Å²) < 4.78 is 9.25. The van der Waals surface area contributed by atoms with E-state index in [9.17, 15) is 0 Å². The Labute approximate surface area is 190 Å². The number of rotatable bonds is 4. The lowest BCUT2D eigenvalue weighted by atomic mass is 10.1. The molecule has 4 nitrogen and oxygen atoms in total. The Kier molecular flexibility index (Phi) is 6.05. The molecule has 0 aliphatic heterocycles. The molecule has 0 spiro atoms. The first-order valence-electron chi connectivity index (χ1n) is 9.93. The summed E-state index contributed by atoms with van der Waals surface area (Å²) in [5.41, 5.74) is 4.05. The molecule has 0 saturated heterocycles. The highest BCUT2D eigenvalue weighted by Gasteiger charge is 2.18. The molecule has 1 unspecified atom stereocenters. The molecule has 4 aromatic rings. The van der Waals surface area contributed by atoms with Gasteiger partial charge in [-0.15, -0.1) is 0 Å². The van der Waals surface area contributed by atoms with Crippen LogP contribution in [0.25, 0.3) is 10.9 Å². The zero-order chi connectivity index (χ0) is 21.1. The van der Waals surface area contributed by atoms with Crippen molar-refractivity contribution in [2.75, 3.05) is 0 Å². The second-order valence-corrected chi connectivity index (χ2v) is 8.19. The number of halogens is 1. The largest absolute Gasteiger partial charge is 0.437 e. The molecular formula is C25H22IN3O. The Hall–Kier alpha value is -2.85. The summed E-state index contributed by atoms with van der Waals surface area (Å²) in [6.07, 6.45) is 2.52. The Morgan fingerprint density at radius 1 is 1.13 bits per heavy atom. The SMILES string of the molecule is CCC#Cc1cc2c(C)nn(C(C)c3ccccc3)c2cc1Oc1ncccc1I. The summed E-state index contributed by atoms with van der Waals surface area (Å²) in [5.74, 6) is 7.69. The summed E-state index contributed by atoms with van der Waals surface area (Å²) in [5, 5.41) is 5.93. The Bertz CT molecular complexity index is 1250. The predicted octanol–water partition coefficient (Wildman–Crippen LogP) is 6.51. The van der Waals surface area contributed by atoms with Crippen LogP contribution in [-0.2, 0) is 0 Å². The molecule has 0 radical (unpaired) electrons. The van der Waals surface area contributed by atoms with Crippen molar-refractivity contribution >= 4 is 33.5 Å². The predicted molar refractivity (Wildman–Crippen MR) is 129 cm³/mol. The van der Waals surface area contributed by atoms with Crippen LogP contribution < -0.4 is 4.74 Å². The monoisotopic (exact) mass is 507 g/mol. The minimum absolute atomic E-state index is 0.0952. The zero-order valence-electron chi connectivity index (χ0n) is 17.2. The quantitative estimate of drug-likeness (QED) is 0.234. The number of hydrogen-bond acceptors (Lipinski definition) is 3. The van der Waals surface area contributed by atoms with Gasteiger partial charge in [0.25, 0.3) is 0 Å². The van der Waals surface area contributed by atoms with Crippen molar-refractivity contribution in [1.82, 2.24) is 14.8 Å². The molecule has 2 aromatic heterocycles. The van der Waals surface area contributed by atoms with Crippen LogP contribution in [0.4, 0.5) is 0 Å². The van der Waals surface area contributed by atoms with E-state index in [1.807, 2.05) is 38.1 Å². The fourth-order valence-electron chi connectivity index (χ4n) is 3.40. The highest BCUT2D eigenvalue weighted by molar-refractivity contribution is 14.1. The lowest BCUT2D eigenvalue weighted by molar-refractivity contribution is 0.458. The number of benzene rings is 2. The van der Waals surface area contributed by atoms with E-state index in [0.29, 0.717) is 11.6 Å². The lowest BCUT2D eigenvalue weighted by Gasteiger charge is -2.15. The second kappa shape index (κ2) is 8.88. The summed E-state index contributed by atoms with van der Waals surface area (Å²) in [4.78, 5) is 4.39. The zero-order valence-corrected chi connectivity index (χ0v) is 19.3. The van der Waals surface area contributed by atoms with E-state index in [4.69, 9.17) is 9.84 Å². The first-order valence-corrected chi connectivity index (χ1v) is 11.0. The summed E-state index contributed by atoms with van der Waals surface area (Å²) in [6, 6.07) is 18.5. The third kappa shape index (κ3) is 4.05. The smallest absolute Gasteiger partial charge is 0.232 e. The van der Waals surface area contributed by atoms with Gasteiger partial charge in [0.1, 0.15) is 5.75 Å². The molecule has 4 rings (SSSR count). The molecular weight excluding hydrogens is 485 g/mol. The maximum Gasteiger partial charge on any atom is 0.232 e.